The van der Waals surface area contributed by atoms with Gasteiger partial charge in [-0.25, -0.2) is 4.98 Å². The summed E-state index contributed by atoms with van der Waals surface area (Å²) < 4.78 is 5.28. The standard InChI is InChI=1S/C13H17N5O/c14-10-5-6-11(15-9-10)12-16-13(17-19-12)18-7-3-1-2-4-8-18/h5-6,9H,1-4,7-8,14H2. The van der Waals surface area contributed by atoms with Crippen molar-refractivity contribution in [1.82, 2.24) is 15.1 Å². The molecule has 0 bridgehead atoms. The molecule has 3 heterocycles. The summed E-state index contributed by atoms with van der Waals surface area (Å²) in [4.78, 5) is 10.8. The van der Waals surface area contributed by atoms with Crippen LogP contribution >= 0.6 is 0 Å². The number of pyridine rings is 1. The molecule has 2 aromatic rings. The zero-order chi connectivity index (χ0) is 13.1. The lowest BCUT2D eigenvalue weighted by Crippen LogP contribution is -2.24. The first-order valence-corrected chi connectivity index (χ1v) is 6.63. The second-order valence-corrected chi connectivity index (χ2v) is 4.78. The summed E-state index contributed by atoms with van der Waals surface area (Å²) in [7, 11) is 0. The van der Waals surface area contributed by atoms with E-state index < -0.39 is 0 Å². The van der Waals surface area contributed by atoms with Gasteiger partial charge in [-0.2, -0.15) is 4.98 Å². The minimum atomic E-state index is 0.444. The molecule has 0 atom stereocenters. The Morgan fingerprint density at radius 1 is 1.11 bits per heavy atom. The maximum absolute atomic E-state index is 5.61. The fourth-order valence-electron chi connectivity index (χ4n) is 2.25. The van der Waals surface area contributed by atoms with E-state index in [0.29, 0.717) is 23.2 Å². The summed E-state index contributed by atoms with van der Waals surface area (Å²) in [6.45, 7) is 1.99. The van der Waals surface area contributed by atoms with Gasteiger partial charge in [0.1, 0.15) is 5.69 Å². The molecule has 6 nitrogen and oxygen atoms in total. The second-order valence-electron chi connectivity index (χ2n) is 4.78. The molecule has 2 aromatic heterocycles. The molecule has 0 aliphatic carbocycles. The highest BCUT2D eigenvalue weighted by atomic mass is 16.5. The van der Waals surface area contributed by atoms with Gasteiger partial charge in [-0.1, -0.05) is 12.8 Å². The topological polar surface area (TPSA) is 81.1 Å². The number of nitrogens with zero attached hydrogens (tertiary/aromatic N) is 4. The number of anilines is 2. The minimum absolute atomic E-state index is 0.444. The van der Waals surface area contributed by atoms with Gasteiger partial charge < -0.3 is 15.2 Å². The zero-order valence-electron chi connectivity index (χ0n) is 10.7. The van der Waals surface area contributed by atoms with Crippen molar-refractivity contribution in [2.75, 3.05) is 23.7 Å². The molecule has 100 valence electrons. The van der Waals surface area contributed by atoms with Gasteiger partial charge in [0.15, 0.2) is 0 Å². The first-order chi connectivity index (χ1) is 9.33. The lowest BCUT2D eigenvalue weighted by atomic mass is 10.2. The van der Waals surface area contributed by atoms with E-state index in [4.69, 9.17) is 10.3 Å². The van der Waals surface area contributed by atoms with Crippen molar-refractivity contribution >= 4 is 11.6 Å². The maximum Gasteiger partial charge on any atom is 0.278 e. The summed E-state index contributed by atoms with van der Waals surface area (Å²) in [5.41, 5.74) is 6.88. The third kappa shape index (κ3) is 2.67. The predicted octanol–water partition coefficient (Wildman–Crippen LogP) is 2.09. The third-order valence-electron chi connectivity index (χ3n) is 3.31. The highest BCUT2D eigenvalue weighted by Crippen LogP contribution is 2.21. The molecule has 0 saturated carbocycles. The van der Waals surface area contributed by atoms with E-state index in [-0.39, 0.29) is 0 Å². The smallest absolute Gasteiger partial charge is 0.278 e. The molecule has 0 amide bonds. The normalized spacial score (nSPS) is 16.3. The first-order valence-electron chi connectivity index (χ1n) is 6.63. The Hall–Kier alpha value is -2.11. The average molecular weight is 259 g/mol. The second kappa shape index (κ2) is 5.26. The van der Waals surface area contributed by atoms with Crippen LogP contribution in [0.1, 0.15) is 25.7 Å². The molecule has 0 radical (unpaired) electrons. The predicted molar refractivity (Wildman–Crippen MR) is 72.6 cm³/mol. The zero-order valence-corrected chi connectivity index (χ0v) is 10.7. The number of hydrogen-bond acceptors (Lipinski definition) is 6. The largest absolute Gasteiger partial charge is 0.397 e. The number of hydrogen-bond donors (Lipinski definition) is 1. The van der Waals surface area contributed by atoms with Gasteiger partial charge in [-0.3, -0.25) is 0 Å². The summed E-state index contributed by atoms with van der Waals surface area (Å²) in [6, 6.07) is 3.56. The molecule has 1 aliphatic heterocycles. The van der Waals surface area contributed by atoms with Crippen LogP contribution in [-0.2, 0) is 0 Å². The Morgan fingerprint density at radius 3 is 2.58 bits per heavy atom. The molecule has 19 heavy (non-hydrogen) atoms. The van der Waals surface area contributed by atoms with Crippen molar-refractivity contribution in [3.8, 4) is 11.6 Å². The third-order valence-corrected chi connectivity index (χ3v) is 3.31. The van der Waals surface area contributed by atoms with E-state index in [9.17, 15) is 0 Å². The molecule has 2 N–H and O–H groups in total. The van der Waals surface area contributed by atoms with E-state index in [1.165, 1.54) is 25.7 Å². The van der Waals surface area contributed by atoms with Crippen molar-refractivity contribution in [2.24, 2.45) is 0 Å². The minimum Gasteiger partial charge on any atom is -0.397 e. The fourth-order valence-corrected chi connectivity index (χ4v) is 2.25. The van der Waals surface area contributed by atoms with Crippen LogP contribution in [0.3, 0.4) is 0 Å². The van der Waals surface area contributed by atoms with Gasteiger partial charge in [0.25, 0.3) is 11.8 Å². The van der Waals surface area contributed by atoms with Crippen LogP contribution in [0.5, 0.6) is 0 Å². The summed E-state index contributed by atoms with van der Waals surface area (Å²) in [5, 5.41) is 4.05. The van der Waals surface area contributed by atoms with Crippen molar-refractivity contribution in [3.63, 3.8) is 0 Å². The SMILES string of the molecule is Nc1ccc(-c2nc(N3CCCCCC3)no2)nc1. The fraction of sp³-hybridized carbons (Fsp3) is 0.462. The van der Waals surface area contributed by atoms with E-state index in [1.54, 1.807) is 18.3 Å². The Kier molecular flexibility index (Phi) is 3.31. The Labute approximate surface area is 111 Å². The van der Waals surface area contributed by atoms with Crippen LogP contribution in [0.15, 0.2) is 22.9 Å². The van der Waals surface area contributed by atoms with Crippen molar-refractivity contribution in [3.05, 3.63) is 18.3 Å². The highest BCUT2D eigenvalue weighted by Gasteiger charge is 2.17. The molecule has 1 saturated heterocycles. The molecule has 1 aliphatic rings. The number of nitrogens with two attached hydrogens (primary N) is 1. The highest BCUT2D eigenvalue weighted by molar-refractivity contribution is 5.52. The van der Waals surface area contributed by atoms with Crippen molar-refractivity contribution in [2.45, 2.75) is 25.7 Å². The first kappa shape index (κ1) is 12.0. The van der Waals surface area contributed by atoms with E-state index in [0.717, 1.165) is 13.1 Å². The summed E-state index contributed by atoms with van der Waals surface area (Å²) in [5.74, 6) is 1.11. The van der Waals surface area contributed by atoms with Crippen LogP contribution < -0.4 is 10.6 Å². The molecular weight excluding hydrogens is 242 g/mol. The van der Waals surface area contributed by atoms with Crippen LogP contribution in [0.25, 0.3) is 11.6 Å². The van der Waals surface area contributed by atoms with Gasteiger partial charge in [0, 0.05) is 13.1 Å². The Bertz CT molecular complexity index is 528. The van der Waals surface area contributed by atoms with Crippen LogP contribution in [0.4, 0.5) is 11.6 Å². The van der Waals surface area contributed by atoms with Gasteiger partial charge in [-0.05, 0) is 30.1 Å². The molecule has 0 unspecified atom stereocenters. The number of rotatable bonds is 2. The van der Waals surface area contributed by atoms with Gasteiger partial charge in [0.05, 0.1) is 11.9 Å². The van der Waals surface area contributed by atoms with Crippen molar-refractivity contribution in [1.29, 1.82) is 0 Å². The van der Waals surface area contributed by atoms with Gasteiger partial charge >= 0.3 is 0 Å². The lowest BCUT2D eigenvalue weighted by Gasteiger charge is -2.16. The number of nitrogen functional groups attached to an aromatic ring is 1. The Morgan fingerprint density at radius 2 is 1.89 bits per heavy atom. The van der Waals surface area contributed by atoms with Crippen LogP contribution in [0, 0.1) is 0 Å². The summed E-state index contributed by atoms with van der Waals surface area (Å²) in [6.07, 6.45) is 6.51. The van der Waals surface area contributed by atoms with E-state index in [2.05, 4.69) is 20.0 Å². The molecule has 0 aromatic carbocycles. The lowest BCUT2D eigenvalue weighted by molar-refractivity contribution is 0.428. The maximum atomic E-state index is 5.61. The van der Waals surface area contributed by atoms with E-state index >= 15 is 0 Å². The molecule has 0 spiro atoms. The quantitative estimate of drug-likeness (QED) is 0.889. The molecule has 6 heteroatoms. The van der Waals surface area contributed by atoms with Crippen LogP contribution in [-0.4, -0.2) is 28.2 Å². The van der Waals surface area contributed by atoms with Gasteiger partial charge in [-0.15, -0.1) is 0 Å². The summed E-state index contributed by atoms with van der Waals surface area (Å²) >= 11 is 0. The Balaban J connectivity index is 1.80. The number of aromatic nitrogens is 3. The molecule has 1 fully saturated rings. The van der Waals surface area contributed by atoms with Crippen LogP contribution in [0.2, 0.25) is 0 Å². The van der Waals surface area contributed by atoms with Crippen molar-refractivity contribution < 1.29 is 4.52 Å². The van der Waals surface area contributed by atoms with E-state index in [1.807, 2.05) is 0 Å². The average Bonchev–Trinajstić information content (AvgIpc) is 2.76. The monoisotopic (exact) mass is 259 g/mol. The van der Waals surface area contributed by atoms with Gasteiger partial charge in [0.2, 0.25) is 0 Å². The molecular formula is C13H17N5O. The molecule has 3 rings (SSSR count).